The van der Waals surface area contributed by atoms with Crippen molar-refractivity contribution in [2.75, 3.05) is 17.6 Å². The van der Waals surface area contributed by atoms with Crippen LogP contribution < -0.4 is 10.6 Å². The Balaban J connectivity index is 2.14. The predicted molar refractivity (Wildman–Crippen MR) is 101 cm³/mol. The van der Waals surface area contributed by atoms with Gasteiger partial charge in [-0.05, 0) is 43.2 Å². The molecule has 0 aliphatic heterocycles. The molecule has 3 N–H and O–H groups in total. The normalized spacial score (nSPS) is 11.0. The topological polar surface area (TPSA) is 125 Å². The van der Waals surface area contributed by atoms with Gasteiger partial charge in [-0.15, -0.1) is 0 Å². The molecule has 144 valence electrons. The van der Waals surface area contributed by atoms with Crippen molar-refractivity contribution in [3.8, 4) is 0 Å². The fourth-order valence-electron chi connectivity index (χ4n) is 2.33. The van der Waals surface area contributed by atoms with Gasteiger partial charge in [-0.2, -0.15) is 0 Å². The van der Waals surface area contributed by atoms with Crippen LogP contribution in [0.1, 0.15) is 22.8 Å². The molecule has 0 spiro atoms. The van der Waals surface area contributed by atoms with Gasteiger partial charge < -0.3 is 15.7 Å². The molecule has 2 rings (SSSR count). The second-order valence-corrected chi connectivity index (χ2v) is 7.97. The van der Waals surface area contributed by atoms with Crippen molar-refractivity contribution in [1.82, 2.24) is 10.3 Å². The summed E-state index contributed by atoms with van der Waals surface area (Å²) >= 11 is 6.02. The number of anilines is 1. The fourth-order valence-corrected chi connectivity index (χ4v) is 3.77. The Bertz CT molecular complexity index is 946. The highest BCUT2D eigenvalue weighted by Crippen LogP contribution is 2.22. The number of rotatable bonds is 7. The molecule has 1 aromatic heterocycles. The number of aromatic carboxylic acids is 1. The van der Waals surface area contributed by atoms with E-state index in [0.29, 0.717) is 12.2 Å². The van der Waals surface area contributed by atoms with Crippen molar-refractivity contribution in [3.05, 3.63) is 52.7 Å². The van der Waals surface area contributed by atoms with Gasteiger partial charge in [0.05, 0.1) is 23.2 Å². The monoisotopic (exact) mass is 411 g/mol. The molecule has 0 unspecified atom stereocenters. The molecule has 8 nitrogen and oxygen atoms in total. The Morgan fingerprint density at radius 1 is 1.22 bits per heavy atom. The van der Waals surface area contributed by atoms with Gasteiger partial charge in [-0.25, -0.2) is 23.0 Å². The summed E-state index contributed by atoms with van der Waals surface area (Å²) in [7, 11) is -3.76. The van der Waals surface area contributed by atoms with E-state index in [9.17, 15) is 23.1 Å². The number of carboxylic acid groups (broad SMARTS) is 1. The van der Waals surface area contributed by atoms with Crippen LogP contribution in [0.25, 0.3) is 0 Å². The van der Waals surface area contributed by atoms with E-state index >= 15 is 0 Å². The first-order valence-electron chi connectivity index (χ1n) is 7.99. The minimum Gasteiger partial charge on any atom is -0.478 e. The molecule has 0 aliphatic carbocycles. The Labute approximate surface area is 161 Å². The third-order valence-corrected chi connectivity index (χ3v) is 5.59. The minimum absolute atomic E-state index is 0.0351. The van der Waals surface area contributed by atoms with E-state index in [1.807, 2.05) is 0 Å². The first kappa shape index (κ1) is 20.7. The van der Waals surface area contributed by atoms with Crippen molar-refractivity contribution in [3.63, 3.8) is 0 Å². The van der Waals surface area contributed by atoms with Crippen LogP contribution in [0.4, 0.5) is 10.5 Å². The fraction of sp³-hybridized carbons (Fsp3) is 0.235. The van der Waals surface area contributed by atoms with Crippen molar-refractivity contribution in [1.29, 1.82) is 0 Å². The molecule has 1 aromatic carbocycles. The maximum absolute atomic E-state index is 12.5. The number of nitrogens with one attached hydrogen (secondary N) is 2. The third-order valence-electron chi connectivity index (χ3n) is 3.62. The number of carbonyl (C=O) groups is 2. The van der Waals surface area contributed by atoms with Crippen molar-refractivity contribution < 1.29 is 23.1 Å². The maximum atomic E-state index is 12.5. The zero-order valence-corrected chi connectivity index (χ0v) is 16.0. The highest BCUT2D eigenvalue weighted by molar-refractivity contribution is 7.91. The molecular formula is C17H18ClN3O5S. The molecule has 0 bridgehead atoms. The number of carboxylic acids is 1. The lowest BCUT2D eigenvalue weighted by Crippen LogP contribution is -2.28. The summed E-state index contributed by atoms with van der Waals surface area (Å²) < 4.78 is 25.0. The second-order valence-electron chi connectivity index (χ2n) is 5.51. The van der Waals surface area contributed by atoms with Gasteiger partial charge in [0.15, 0.2) is 14.9 Å². The second kappa shape index (κ2) is 8.83. The number of benzene rings is 1. The number of hydrogen-bond acceptors (Lipinski definition) is 5. The third kappa shape index (κ3) is 5.41. The van der Waals surface area contributed by atoms with Crippen LogP contribution in [-0.4, -0.2) is 42.8 Å². The van der Waals surface area contributed by atoms with Gasteiger partial charge in [0.25, 0.3) is 0 Å². The van der Waals surface area contributed by atoms with Crippen LogP contribution in [0.15, 0.2) is 41.6 Å². The van der Waals surface area contributed by atoms with E-state index in [-0.39, 0.29) is 33.3 Å². The predicted octanol–water partition coefficient (Wildman–Crippen LogP) is 2.59. The van der Waals surface area contributed by atoms with E-state index < -0.39 is 21.8 Å². The minimum atomic E-state index is -3.76. The molecule has 27 heavy (non-hydrogen) atoms. The Morgan fingerprint density at radius 2 is 1.96 bits per heavy atom. The summed E-state index contributed by atoms with van der Waals surface area (Å²) in [4.78, 5) is 26.6. The van der Waals surface area contributed by atoms with Crippen molar-refractivity contribution in [2.45, 2.75) is 18.4 Å². The van der Waals surface area contributed by atoms with Gasteiger partial charge in [-0.3, -0.25) is 0 Å². The number of hydrogen-bond donors (Lipinski definition) is 3. The molecular weight excluding hydrogens is 394 g/mol. The standard InChI is InChI=1S/C17H18ClN3O5S/c1-2-19-17(24)21-11-6-7-15(20-10-11)27(25,26)9-8-12-13(16(22)23)4-3-5-14(12)18/h3-7,10H,2,8-9H2,1H3,(H,22,23)(H2,19,21,24). The molecule has 2 amide bonds. The van der Waals surface area contributed by atoms with Crippen LogP contribution in [0, 0.1) is 0 Å². The van der Waals surface area contributed by atoms with Crippen LogP contribution in [0.5, 0.6) is 0 Å². The van der Waals surface area contributed by atoms with E-state index in [4.69, 9.17) is 11.6 Å². The first-order chi connectivity index (χ1) is 12.7. The summed E-state index contributed by atoms with van der Waals surface area (Å²) in [5.74, 6) is -1.53. The number of pyridine rings is 1. The quantitative estimate of drug-likeness (QED) is 0.642. The Kier molecular flexibility index (Phi) is 6.75. The molecule has 0 radical (unpaired) electrons. The molecule has 10 heteroatoms. The Hall–Kier alpha value is -2.65. The molecule has 2 aromatic rings. The molecule has 1 heterocycles. The molecule has 0 aliphatic rings. The zero-order valence-electron chi connectivity index (χ0n) is 14.4. The number of amides is 2. The van der Waals surface area contributed by atoms with Gasteiger partial charge in [0, 0.05) is 11.6 Å². The van der Waals surface area contributed by atoms with Crippen LogP contribution in [0.3, 0.4) is 0 Å². The number of carbonyl (C=O) groups excluding carboxylic acids is 1. The summed E-state index contributed by atoms with van der Waals surface area (Å²) in [6.07, 6.45) is 1.17. The van der Waals surface area contributed by atoms with E-state index in [2.05, 4.69) is 15.6 Å². The highest BCUT2D eigenvalue weighted by atomic mass is 35.5. The highest BCUT2D eigenvalue weighted by Gasteiger charge is 2.20. The van der Waals surface area contributed by atoms with Crippen LogP contribution >= 0.6 is 11.6 Å². The number of urea groups is 1. The van der Waals surface area contributed by atoms with Crippen LogP contribution in [0.2, 0.25) is 5.02 Å². The van der Waals surface area contributed by atoms with Gasteiger partial charge in [-0.1, -0.05) is 17.7 Å². The average Bonchev–Trinajstić information content (AvgIpc) is 2.61. The number of nitrogens with zero attached hydrogens (tertiary/aromatic N) is 1. The van der Waals surface area contributed by atoms with E-state index in [0.717, 1.165) is 0 Å². The first-order valence-corrected chi connectivity index (χ1v) is 10.0. The molecule has 0 fully saturated rings. The van der Waals surface area contributed by atoms with E-state index in [1.165, 1.54) is 36.5 Å². The largest absolute Gasteiger partial charge is 0.478 e. The zero-order chi connectivity index (χ0) is 20.0. The smallest absolute Gasteiger partial charge is 0.336 e. The summed E-state index contributed by atoms with van der Waals surface area (Å²) in [5.41, 5.74) is 0.566. The van der Waals surface area contributed by atoms with Crippen LogP contribution in [-0.2, 0) is 16.3 Å². The molecule has 0 atom stereocenters. The number of sulfone groups is 1. The number of halogens is 1. The summed E-state index contributed by atoms with van der Waals surface area (Å²) in [6, 6.07) is 6.65. The van der Waals surface area contributed by atoms with Gasteiger partial charge in [0.2, 0.25) is 0 Å². The summed E-state index contributed by atoms with van der Waals surface area (Å²) in [6.45, 7) is 2.22. The average molecular weight is 412 g/mol. The molecule has 0 saturated carbocycles. The van der Waals surface area contributed by atoms with Gasteiger partial charge >= 0.3 is 12.0 Å². The maximum Gasteiger partial charge on any atom is 0.336 e. The lowest BCUT2D eigenvalue weighted by molar-refractivity contribution is 0.0695. The lowest BCUT2D eigenvalue weighted by Gasteiger charge is -2.10. The Morgan fingerprint density at radius 3 is 2.56 bits per heavy atom. The van der Waals surface area contributed by atoms with Gasteiger partial charge in [0.1, 0.15) is 0 Å². The lowest BCUT2D eigenvalue weighted by atomic mass is 10.1. The SMILES string of the molecule is CCNC(=O)Nc1ccc(S(=O)(=O)CCc2c(Cl)cccc2C(=O)O)nc1. The van der Waals surface area contributed by atoms with Crippen molar-refractivity contribution >= 4 is 39.1 Å². The summed E-state index contributed by atoms with van der Waals surface area (Å²) in [5, 5.41) is 14.3. The van der Waals surface area contributed by atoms with Crippen molar-refractivity contribution in [2.24, 2.45) is 0 Å². The van der Waals surface area contributed by atoms with E-state index in [1.54, 1.807) is 6.92 Å². The number of aromatic nitrogens is 1. The molecule has 0 saturated heterocycles.